The second-order valence-corrected chi connectivity index (χ2v) is 8.66. The first-order valence-corrected chi connectivity index (χ1v) is 12.9. The predicted octanol–water partition coefficient (Wildman–Crippen LogP) is 4.62. The highest BCUT2D eigenvalue weighted by atomic mass is 16.5. The predicted molar refractivity (Wildman–Crippen MR) is 130 cm³/mol. The Balaban J connectivity index is 4.03. The molecule has 0 aliphatic carbocycles. The van der Waals surface area contributed by atoms with Crippen molar-refractivity contribution < 1.29 is 14.3 Å². The SMILES string of the molecule is CCCCCCCCCN(CCCCCCC(=O)OCC)CCCN(C)CCNC=O. The molecule has 6 nitrogen and oxygen atoms in total. The Kier molecular flexibility index (Phi) is 22.7. The topological polar surface area (TPSA) is 61.9 Å². The van der Waals surface area contributed by atoms with Crippen molar-refractivity contribution >= 4 is 12.4 Å². The van der Waals surface area contributed by atoms with Crippen LogP contribution >= 0.6 is 0 Å². The molecule has 0 aromatic rings. The number of carbonyl (C=O) groups is 2. The van der Waals surface area contributed by atoms with Crippen molar-refractivity contribution in [3.63, 3.8) is 0 Å². The number of unbranched alkanes of at least 4 members (excludes halogenated alkanes) is 9. The summed E-state index contributed by atoms with van der Waals surface area (Å²) >= 11 is 0. The van der Waals surface area contributed by atoms with Crippen molar-refractivity contribution in [3.05, 3.63) is 0 Å². The summed E-state index contributed by atoms with van der Waals surface area (Å²) in [7, 11) is 2.12. The fourth-order valence-electron chi connectivity index (χ4n) is 3.81. The third-order valence-corrected chi connectivity index (χ3v) is 5.72. The Morgan fingerprint density at radius 2 is 1.35 bits per heavy atom. The van der Waals surface area contributed by atoms with E-state index in [1.54, 1.807) is 0 Å². The molecule has 0 heterocycles. The van der Waals surface area contributed by atoms with Gasteiger partial charge in [0.15, 0.2) is 0 Å². The van der Waals surface area contributed by atoms with Gasteiger partial charge < -0.3 is 19.9 Å². The maximum absolute atomic E-state index is 11.4. The van der Waals surface area contributed by atoms with Crippen LogP contribution in [0.3, 0.4) is 0 Å². The quantitative estimate of drug-likeness (QED) is 0.135. The van der Waals surface area contributed by atoms with E-state index < -0.39 is 0 Å². The van der Waals surface area contributed by atoms with Crippen molar-refractivity contribution in [1.82, 2.24) is 15.1 Å². The van der Waals surface area contributed by atoms with Crippen LogP contribution in [0.15, 0.2) is 0 Å². The van der Waals surface area contributed by atoms with Gasteiger partial charge in [0.05, 0.1) is 6.61 Å². The average Bonchev–Trinajstić information content (AvgIpc) is 2.75. The van der Waals surface area contributed by atoms with Crippen LogP contribution in [0.1, 0.15) is 97.3 Å². The molecule has 0 rings (SSSR count). The number of ether oxygens (including phenoxy) is 1. The van der Waals surface area contributed by atoms with Crippen LogP contribution in [0.2, 0.25) is 0 Å². The summed E-state index contributed by atoms with van der Waals surface area (Å²) in [6.45, 7) is 10.8. The van der Waals surface area contributed by atoms with Gasteiger partial charge in [0, 0.05) is 19.5 Å². The zero-order chi connectivity index (χ0) is 23.0. The number of likely N-dealkylation sites (N-methyl/N-ethyl adjacent to an activating group) is 1. The second kappa shape index (κ2) is 23.5. The Labute approximate surface area is 192 Å². The molecule has 0 fully saturated rings. The van der Waals surface area contributed by atoms with Gasteiger partial charge in [-0.15, -0.1) is 0 Å². The Morgan fingerprint density at radius 3 is 1.97 bits per heavy atom. The van der Waals surface area contributed by atoms with Gasteiger partial charge in [0.25, 0.3) is 0 Å². The minimum absolute atomic E-state index is 0.0597. The van der Waals surface area contributed by atoms with Crippen LogP contribution in [-0.4, -0.2) is 75.1 Å². The number of nitrogens with one attached hydrogen (secondary N) is 1. The van der Waals surface area contributed by atoms with Crippen LogP contribution < -0.4 is 5.32 Å². The largest absolute Gasteiger partial charge is 0.466 e. The van der Waals surface area contributed by atoms with Crippen LogP contribution in [0, 0.1) is 0 Å². The van der Waals surface area contributed by atoms with Gasteiger partial charge in [-0.2, -0.15) is 0 Å². The summed E-state index contributed by atoms with van der Waals surface area (Å²) < 4.78 is 4.99. The lowest BCUT2D eigenvalue weighted by atomic mass is 10.1. The fraction of sp³-hybridized carbons (Fsp3) is 0.920. The van der Waals surface area contributed by atoms with Gasteiger partial charge in [-0.25, -0.2) is 0 Å². The molecule has 31 heavy (non-hydrogen) atoms. The summed E-state index contributed by atoms with van der Waals surface area (Å²) in [5.41, 5.74) is 0. The van der Waals surface area contributed by atoms with E-state index in [4.69, 9.17) is 4.74 Å². The van der Waals surface area contributed by atoms with Gasteiger partial charge in [-0.3, -0.25) is 9.59 Å². The molecule has 0 saturated carbocycles. The van der Waals surface area contributed by atoms with Crippen LogP contribution in [0.5, 0.6) is 0 Å². The number of carbonyl (C=O) groups excluding carboxylic acids is 2. The molecular weight excluding hydrogens is 390 g/mol. The summed E-state index contributed by atoms with van der Waals surface area (Å²) in [6, 6.07) is 0. The first-order chi connectivity index (χ1) is 15.1. The molecule has 0 spiro atoms. The number of nitrogens with zero attached hydrogens (tertiary/aromatic N) is 2. The highest BCUT2D eigenvalue weighted by molar-refractivity contribution is 5.69. The number of amides is 1. The molecule has 0 unspecified atom stereocenters. The van der Waals surface area contributed by atoms with Crippen LogP contribution in [0.4, 0.5) is 0 Å². The monoisotopic (exact) mass is 441 g/mol. The van der Waals surface area contributed by atoms with Crippen molar-refractivity contribution in [2.24, 2.45) is 0 Å². The van der Waals surface area contributed by atoms with E-state index in [9.17, 15) is 9.59 Å². The summed E-state index contributed by atoms with van der Waals surface area (Å²) in [5.74, 6) is -0.0597. The van der Waals surface area contributed by atoms with Crippen LogP contribution in [-0.2, 0) is 14.3 Å². The molecule has 0 bridgehead atoms. The molecule has 1 amide bonds. The summed E-state index contributed by atoms with van der Waals surface area (Å²) in [6.07, 6.45) is 16.4. The number of esters is 1. The molecule has 6 heteroatoms. The zero-order valence-electron chi connectivity index (χ0n) is 20.8. The number of hydrogen-bond acceptors (Lipinski definition) is 5. The molecule has 184 valence electrons. The molecule has 0 radical (unpaired) electrons. The molecule has 1 N–H and O–H groups in total. The lowest BCUT2D eigenvalue weighted by Crippen LogP contribution is -2.33. The summed E-state index contributed by atoms with van der Waals surface area (Å²) in [4.78, 5) is 26.7. The molecule has 0 aliphatic heterocycles. The first-order valence-electron chi connectivity index (χ1n) is 12.9. The van der Waals surface area contributed by atoms with E-state index in [1.165, 1.54) is 64.3 Å². The Hall–Kier alpha value is -1.14. The minimum atomic E-state index is -0.0597. The third kappa shape index (κ3) is 21.9. The number of hydrogen-bond donors (Lipinski definition) is 1. The van der Waals surface area contributed by atoms with Gasteiger partial charge in [-0.1, -0.05) is 58.3 Å². The normalized spacial score (nSPS) is 11.3. The van der Waals surface area contributed by atoms with Crippen molar-refractivity contribution in [3.8, 4) is 0 Å². The minimum Gasteiger partial charge on any atom is -0.466 e. The maximum atomic E-state index is 11.4. The van der Waals surface area contributed by atoms with Crippen molar-refractivity contribution in [1.29, 1.82) is 0 Å². The van der Waals surface area contributed by atoms with E-state index in [-0.39, 0.29) is 5.97 Å². The van der Waals surface area contributed by atoms with E-state index in [2.05, 4.69) is 29.1 Å². The highest BCUT2D eigenvalue weighted by Crippen LogP contribution is 2.10. The number of rotatable bonds is 24. The summed E-state index contributed by atoms with van der Waals surface area (Å²) in [5, 5.41) is 2.73. The van der Waals surface area contributed by atoms with E-state index >= 15 is 0 Å². The fourth-order valence-corrected chi connectivity index (χ4v) is 3.81. The van der Waals surface area contributed by atoms with Gasteiger partial charge in [0.1, 0.15) is 0 Å². The Bertz CT molecular complexity index is 407. The zero-order valence-corrected chi connectivity index (χ0v) is 20.8. The third-order valence-electron chi connectivity index (χ3n) is 5.72. The van der Waals surface area contributed by atoms with E-state index in [0.29, 0.717) is 19.6 Å². The van der Waals surface area contributed by atoms with Gasteiger partial charge >= 0.3 is 5.97 Å². The van der Waals surface area contributed by atoms with Crippen LogP contribution in [0.25, 0.3) is 0 Å². The van der Waals surface area contributed by atoms with E-state index in [1.807, 2.05) is 6.92 Å². The molecule has 0 aromatic heterocycles. The van der Waals surface area contributed by atoms with Gasteiger partial charge in [0.2, 0.25) is 6.41 Å². The second-order valence-electron chi connectivity index (χ2n) is 8.66. The van der Waals surface area contributed by atoms with Crippen molar-refractivity contribution in [2.75, 3.05) is 52.9 Å². The molecular formula is C25H51N3O3. The molecule has 0 aromatic carbocycles. The smallest absolute Gasteiger partial charge is 0.305 e. The van der Waals surface area contributed by atoms with Gasteiger partial charge in [-0.05, 0) is 65.8 Å². The maximum Gasteiger partial charge on any atom is 0.305 e. The Morgan fingerprint density at radius 1 is 0.774 bits per heavy atom. The highest BCUT2D eigenvalue weighted by Gasteiger charge is 2.07. The lowest BCUT2D eigenvalue weighted by molar-refractivity contribution is -0.143. The average molecular weight is 442 g/mol. The molecule has 0 saturated heterocycles. The first kappa shape index (κ1) is 29.9. The standard InChI is InChI=1S/C25H51N3O3/c1-4-6-7-8-9-11-14-20-28(22-16-19-27(3)23-18-26-24-29)21-15-12-10-13-17-25(30)31-5-2/h24H,4-23H2,1-3H3,(H,26,29). The van der Waals surface area contributed by atoms with E-state index in [0.717, 1.165) is 51.9 Å². The molecule has 0 aliphatic rings. The lowest BCUT2D eigenvalue weighted by Gasteiger charge is -2.24. The van der Waals surface area contributed by atoms with Crippen molar-refractivity contribution in [2.45, 2.75) is 97.3 Å². The molecule has 0 atom stereocenters.